The molecule has 0 spiro atoms. The number of anilines is 2. The number of hydrogen-bond donors (Lipinski definition) is 1. The third-order valence-electron chi connectivity index (χ3n) is 3.48. The van der Waals surface area contributed by atoms with Crippen LogP contribution in [0.3, 0.4) is 0 Å². The molecule has 1 aromatic carbocycles. The molecular formula is C15H22N2O3S. The Balaban J connectivity index is 2.30. The smallest absolute Gasteiger partial charge is 0.232 e. The molecule has 0 radical (unpaired) electrons. The molecule has 1 aliphatic heterocycles. The van der Waals surface area contributed by atoms with Crippen molar-refractivity contribution < 1.29 is 13.2 Å². The third-order valence-corrected chi connectivity index (χ3v) is 4.79. The van der Waals surface area contributed by atoms with E-state index in [-0.39, 0.29) is 11.7 Å². The second kappa shape index (κ2) is 6.05. The molecule has 0 fully saturated rings. The lowest BCUT2D eigenvalue weighted by Gasteiger charge is -2.31. The first-order chi connectivity index (χ1) is 9.82. The quantitative estimate of drug-likeness (QED) is 0.908. The number of rotatable bonds is 5. The molecule has 0 atom stereocenters. The van der Waals surface area contributed by atoms with Crippen LogP contribution in [-0.2, 0) is 21.2 Å². The Bertz CT molecular complexity index is 638. The van der Waals surface area contributed by atoms with Gasteiger partial charge in [-0.1, -0.05) is 13.8 Å². The maximum absolute atomic E-state index is 12.1. The average Bonchev–Trinajstić information content (AvgIpc) is 2.41. The minimum atomic E-state index is -3.27. The molecule has 1 heterocycles. The van der Waals surface area contributed by atoms with Gasteiger partial charge in [0.05, 0.1) is 5.75 Å². The summed E-state index contributed by atoms with van der Waals surface area (Å²) in [5.41, 5.74) is 2.49. The van der Waals surface area contributed by atoms with Gasteiger partial charge in [-0.05, 0) is 43.0 Å². The van der Waals surface area contributed by atoms with Crippen molar-refractivity contribution in [2.45, 2.75) is 33.6 Å². The number of sulfonamides is 1. The average molecular weight is 310 g/mol. The van der Waals surface area contributed by atoms with Gasteiger partial charge in [-0.3, -0.25) is 9.52 Å². The molecule has 0 aromatic heterocycles. The van der Waals surface area contributed by atoms with Crippen LogP contribution in [0, 0.1) is 5.92 Å². The largest absolute Gasteiger partial charge is 0.312 e. The monoisotopic (exact) mass is 310 g/mol. The number of hydrogen-bond acceptors (Lipinski definition) is 3. The molecule has 1 N–H and O–H groups in total. The first-order valence-corrected chi connectivity index (χ1v) is 8.91. The van der Waals surface area contributed by atoms with Crippen molar-refractivity contribution in [1.29, 1.82) is 0 Å². The van der Waals surface area contributed by atoms with E-state index in [0.29, 0.717) is 31.0 Å². The van der Waals surface area contributed by atoms with Crippen LogP contribution in [0.2, 0.25) is 0 Å². The van der Waals surface area contributed by atoms with E-state index in [4.69, 9.17) is 0 Å². The van der Waals surface area contributed by atoms with Crippen LogP contribution in [-0.4, -0.2) is 26.6 Å². The number of fused-ring (bicyclic) bond motifs is 1. The molecule has 0 aliphatic carbocycles. The number of carbonyl (C=O) groups is 1. The van der Waals surface area contributed by atoms with Gasteiger partial charge >= 0.3 is 0 Å². The predicted molar refractivity (Wildman–Crippen MR) is 85.0 cm³/mol. The van der Waals surface area contributed by atoms with E-state index in [1.54, 1.807) is 13.0 Å². The lowest BCUT2D eigenvalue weighted by molar-refractivity contribution is -0.119. The summed E-state index contributed by atoms with van der Waals surface area (Å²) >= 11 is 0. The summed E-state index contributed by atoms with van der Waals surface area (Å²) < 4.78 is 25.8. The van der Waals surface area contributed by atoms with Gasteiger partial charge < -0.3 is 4.90 Å². The highest BCUT2D eigenvalue weighted by Crippen LogP contribution is 2.31. The summed E-state index contributed by atoms with van der Waals surface area (Å²) in [5, 5.41) is 0. The molecule has 0 saturated heterocycles. The number of amides is 1. The summed E-state index contributed by atoms with van der Waals surface area (Å²) in [6.45, 7) is 6.44. The van der Waals surface area contributed by atoms with E-state index in [1.807, 2.05) is 17.0 Å². The lowest BCUT2D eigenvalue weighted by atomic mass is 9.99. The Morgan fingerprint density at radius 2 is 2.00 bits per heavy atom. The van der Waals surface area contributed by atoms with Crippen molar-refractivity contribution in [2.24, 2.45) is 5.92 Å². The highest BCUT2D eigenvalue weighted by Gasteiger charge is 2.25. The SMILES string of the molecule is CCS(=O)(=O)Nc1ccc2c(c1)CCC(=O)N2CC(C)C. The summed E-state index contributed by atoms with van der Waals surface area (Å²) in [5.74, 6) is 0.568. The van der Waals surface area contributed by atoms with Gasteiger partial charge in [0.15, 0.2) is 0 Å². The van der Waals surface area contributed by atoms with Crippen LogP contribution in [0.25, 0.3) is 0 Å². The summed E-state index contributed by atoms with van der Waals surface area (Å²) in [6, 6.07) is 5.39. The lowest BCUT2D eigenvalue weighted by Crippen LogP contribution is -2.37. The molecule has 2 rings (SSSR count). The zero-order valence-electron chi connectivity index (χ0n) is 12.7. The molecule has 0 unspecified atom stereocenters. The summed E-state index contributed by atoms with van der Waals surface area (Å²) in [7, 11) is -3.27. The molecule has 0 bridgehead atoms. The Hall–Kier alpha value is -1.56. The topological polar surface area (TPSA) is 66.5 Å². The van der Waals surface area contributed by atoms with Crippen LogP contribution in [0.5, 0.6) is 0 Å². The van der Waals surface area contributed by atoms with E-state index >= 15 is 0 Å². The second-order valence-corrected chi connectivity index (χ2v) is 7.76. The van der Waals surface area contributed by atoms with E-state index in [2.05, 4.69) is 18.6 Å². The standard InChI is InChI=1S/C15H22N2O3S/c1-4-21(19,20)16-13-6-7-14-12(9-13)5-8-15(18)17(14)10-11(2)3/h6-7,9,11,16H,4-5,8,10H2,1-3H3. The first kappa shape index (κ1) is 15.8. The minimum Gasteiger partial charge on any atom is -0.312 e. The van der Waals surface area contributed by atoms with Crippen molar-refractivity contribution in [3.05, 3.63) is 23.8 Å². The normalized spacial score (nSPS) is 15.2. The van der Waals surface area contributed by atoms with E-state index in [0.717, 1.165) is 11.3 Å². The number of nitrogens with zero attached hydrogens (tertiary/aromatic N) is 1. The van der Waals surface area contributed by atoms with Crippen molar-refractivity contribution >= 4 is 27.3 Å². The van der Waals surface area contributed by atoms with Gasteiger partial charge in [-0.2, -0.15) is 0 Å². The first-order valence-electron chi connectivity index (χ1n) is 7.26. The fourth-order valence-electron chi connectivity index (χ4n) is 2.44. The molecule has 116 valence electrons. The van der Waals surface area contributed by atoms with Crippen LogP contribution in [0.15, 0.2) is 18.2 Å². The number of carbonyl (C=O) groups excluding carboxylic acids is 1. The van der Waals surface area contributed by atoms with Crippen molar-refractivity contribution in [2.75, 3.05) is 21.9 Å². The van der Waals surface area contributed by atoms with Gasteiger partial charge in [0.25, 0.3) is 0 Å². The molecule has 6 heteroatoms. The molecule has 5 nitrogen and oxygen atoms in total. The Morgan fingerprint density at radius 3 is 2.62 bits per heavy atom. The van der Waals surface area contributed by atoms with Gasteiger partial charge in [-0.25, -0.2) is 8.42 Å². The van der Waals surface area contributed by atoms with Crippen LogP contribution < -0.4 is 9.62 Å². The van der Waals surface area contributed by atoms with Crippen molar-refractivity contribution in [3.8, 4) is 0 Å². The van der Waals surface area contributed by atoms with E-state index in [9.17, 15) is 13.2 Å². The van der Waals surface area contributed by atoms with Gasteiger partial charge in [-0.15, -0.1) is 0 Å². The van der Waals surface area contributed by atoms with E-state index in [1.165, 1.54) is 0 Å². The zero-order chi connectivity index (χ0) is 15.6. The van der Waals surface area contributed by atoms with Crippen LogP contribution >= 0.6 is 0 Å². The number of benzene rings is 1. The molecular weight excluding hydrogens is 288 g/mol. The van der Waals surface area contributed by atoms with Crippen LogP contribution in [0.1, 0.15) is 32.8 Å². The van der Waals surface area contributed by atoms with Gasteiger partial charge in [0.2, 0.25) is 15.9 Å². The van der Waals surface area contributed by atoms with Crippen LogP contribution in [0.4, 0.5) is 11.4 Å². The maximum atomic E-state index is 12.1. The fourth-order valence-corrected chi connectivity index (χ4v) is 3.07. The predicted octanol–water partition coefficient (Wildman–Crippen LogP) is 2.38. The highest BCUT2D eigenvalue weighted by molar-refractivity contribution is 7.92. The number of aryl methyl sites for hydroxylation is 1. The Morgan fingerprint density at radius 1 is 1.29 bits per heavy atom. The summed E-state index contributed by atoms with van der Waals surface area (Å²) in [4.78, 5) is 13.9. The number of nitrogens with one attached hydrogen (secondary N) is 1. The van der Waals surface area contributed by atoms with Crippen molar-refractivity contribution in [1.82, 2.24) is 0 Å². The minimum absolute atomic E-state index is 0.0437. The fraction of sp³-hybridized carbons (Fsp3) is 0.533. The summed E-state index contributed by atoms with van der Waals surface area (Å²) in [6.07, 6.45) is 1.13. The highest BCUT2D eigenvalue weighted by atomic mass is 32.2. The molecule has 1 aliphatic rings. The Kier molecular flexibility index (Phi) is 4.56. The van der Waals surface area contributed by atoms with Gasteiger partial charge in [0, 0.05) is 24.3 Å². The molecule has 0 saturated carbocycles. The third kappa shape index (κ3) is 3.75. The zero-order valence-corrected chi connectivity index (χ0v) is 13.5. The Labute approximate surface area is 126 Å². The molecule has 21 heavy (non-hydrogen) atoms. The second-order valence-electron chi connectivity index (χ2n) is 5.75. The van der Waals surface area contributed by atoms with E-state index < -0.39 is 10.0 Å². The maximum Gasteiger partial charge on any atom is 0.232 e. The molecule has 1 amide bonds. The van der Waals surface area contributed by atoms with Gasteiger partial charge in [0.1, 0.15) is 0 Å². The van der Waals surface area contributed by atoms with Crippen molar-refractivity contribution in [3.63, 3.8) is 0 Å². The molecule has 1 aromatic rings.